The van der Waals surface area contributed by atoms with Gasteiger partial charge in [-0.15, -0.1) is 11.8 Å². The van der Waals surface area contributed by atoms with Crippen molar-refractivity contribution < 1.29 is 17.9 Å². The van der Waals surface area contributed by atoms with Crippen LogP contribution in [0.25, 0.3) is 10.9 Å². The van der Waals surface area contributed by atoms with Gasteiger partial charge in [0, 0.05) is 22.6 Å². The highest BCUT2D eigenvalue weighted by Crippen LogP contribution is 2.45. The molecule has 2 aromatic rings. The molecule has 0 saturated carbocycles. The molecule has 5 nitrogen and oxygen atoms in total. The predicted octanol–water partition coefficient (Wildman–Crippen LogP) is 2.14. The van der Waals surface area contributed by atoms with E-state index in [1.54, 1.807) is 0 Å². The maximum Gasteiger partial charge on any atom is 0.416 e. The lowest BCUT2D eigenvalue weighted by molar-refractivity contribution is -0.138. The smallest absolute Gasteiger partial charge is 0.380 e. The van der Waals surface area contributed by atoms with Crippen molar-refractivity contribution >= 4 is 22.7 Å². The topological polar surface area (TPSA) is 64.1 Å². The maximum absolute atomic E-state index is 13.3. The standard InChI is InChI=1S/C15H13F3N2O3S/c1-7-9(15(16,17)18)2-8-10-11(7)24-6-14(4-23-5-14)3-20(10)13(22)19-12(8)21/h2H,3-6H2,1H3,(H,19,21,22). The highest BCUT2D eigenvalue weighted by atomic mass is 32.2. The Morgan fingerprint density at radius 3 is 2.62 bits per heavy atom. The zero-order valence-corrected chi connectivity index (χ0v) is 13.4. The van der Waals surface area contributed by atoms with Crippen LogP contribution in [-0.2, 0) is 17.5 Å². The molecule has 1 saturated heterocycles. The molecule has 4 rings (SSSR count). The Hall–Kier alpha value is -1.74. The number of nitrogens with one attached hydrogen (secondary N) is 1. The van der Waals surface area contributed by atoms with Gasteiger partial charge in [-0.25, -0.2) is 4.79 Å². The number of halogens is 3. The summed E-state index contributed by atoms with van der Waals surface area (Å²) in [6, 6.07) is 0.846. The van der Waals surface area contributed by atoms with Crippen LogP contribution in [0.4, 0.5) is 13.2 Å². The van der Waals surface area contributed by atoms with Crippen molar-refractivity contribution in [1.82, 2.24) is 9.55 Å². The molecule has 0 unspecified atom stereocenters. The molecule has 128 valence electrons. The molecule has 2 aliphatic rings. The maximum atomic E-state index is 13.3. The number of aromatic nitrogens is 2. The molecule has 9 heteroatoms. The van der Waals surface area contributed by atoms with E-state index in [-0.39, 0.29) is 16.4 Å². The molecule has 24 heavy (non-hydrogen) atoms. The second-order valence-electron chi connectivity index (χ2n) is 6.40. The van der Waals surface area contributed by atoms with Gasteiger partial charge in [0.1, 0.15) is 0 Å². The van der Waals surface area contributed by atoms with Crippen LogP contribution in [0, 0.1) is 12.3 Å². The minimum atomic E-state index is -4.56. The van der Waals surface area contributed by atoms with Crippen molar-refractivity contribution in [1.29, 1.82) is 0 Å². The Balaban J connectivity index is 2.11. The first-order chi connectivity index (χ1) is 11.2. The van der Waals surface area contributed by atoms with Gasteiger partial charge >= 0.3 is 11.9 Å². The average Bonchev–Trinajstić information content (AvgIpc) is 2.63. The van der Waals surface area contributed by atoms with E-state index in [0.29, 0.717) is 35.9 Å². The van der Waals surface area contributed by atoms with E-state index < -0.39 is 23.0 Å². The lowest BCUT2D eigenvalue weighted by atomic mass is 9.88. The molecular weight excluding hydrogens is 345 g/mol. The van der Waals surface area contributed by atoms with E-state index >= 15 is 0 Å². The zero-order chi connectivity index (χ0) is 17.3. The van der Waals surface area contributed by atoms with Crippen LogP contribution >= 0.6 is 11.8 Å². The molecule has 1 aromatic heterocycles. The monoisotopic (exact) mass is 358 g/mol. The van der Waals surface area contributed by atoms with Gasteiger partial charge in [0.05, 0.1) is 29.7 Å². The van der Waals surface area contributed by atoms with Crippen molar-refractivity contribution in [2.45, 2.75) is 24.5 Å². The summed E-state index contributed by atoms with van der Waals surface area (Å²) in [5, 5.41) is -0.104. The van der Waals surface area contributed by atoms with E-state index in [1.165, 1.54) is 23.3 Å². The second kappa shape index (κ2) is 4.89. The highest BCUT2D eigenvalue weighted by Gasteiger charge is 2.43. The number of thioether (sulfide) groups is 1. The third-order valence-corrected chi connectivity index (χ3v) is 6.17. The number of hydrogen-bond acceptors (Lipinski definition) is 4. The molecule has 1 N–H and O–H groups in total. The molecule has 1 aromatic carbocycles. The van der Waals surface area contributed by atoms with E-state index in [4.69, 9.17) is 4.74 Å². The summed E-state index contributed by atoms with van der Waals surface area (Å²) in [5.74, 6) is 0.541. The fourth-order valence-electron chi connectivity index (χ4n) is 3.31. The van der Waals surface area contributed by atoms with E-state index in [1.807, 2.05) is 0 Å². The summed E-state index contributed by atoms with van der Waals surface area (Å²) in [5.41, 5.74) is -2.17. The number of H-pyrrole nitrogens is 1. The molecule has 0 aliphatic carbocycles. The van der Waals surface area contributed by atoms with Crippen molar-refractivity contribution in [2.75, 3.05) is 19.0 Å². The van der Waals surface area contributed by atoms with Crippen LogP contribution in [0.1, 0.15) is 11.1 Å². The molecule has 3 heterocycles. The first-order valence-electron chi connectivity index (χ1n) is 7.30. The van der Waals surface area contributed by atoms with Gasteiger partial charge in [-0.2, -0.15) is 13.2 Å². The SMILES string of the molecule is Cc1c(C(F)(F)F)cc2c(=O)[nH]c(=O)n3c2c1SCC1(COC1)C3. The van der Waals surface area contributed by atoms with E-state index in [2.05, 4.69) is 4.98 Å². The Morgan fingerprint density at radius 2 is 2.04 bits per heavy atom. The Labute approximate surface area is 137 Å². The first kappa shape index (κ1) is 15.8. The summed E-state index contributed by atoms with van der Waals surface area (Å²) >= 11 is 1.27. The van der Waals surface area contributed by atoms with Gasteiger partial charge in [-0.05, 0) is 18.6 Å². The summed E-state index contributed by atoms with van der Waals surface area (Å²) < 4.78 is 46.7. The largest absolute Gasteiger partial charge is 0.416 e. The number of aromatic amines is 1. The third kappa shape index (κ3) is 2.14. The predicted molar refractivity (Wildman–Crippen MR) is 82.5 cm³/mol. The molecule has 0 atom stereocenters. The molecule has 2 aliphatic heterocycles. The minimum Gasteiger partial charge on any atom is -0.380 e. The van der Waals surface area contributed by atoms with Gasteiger partial charge < -0.3 is 4.74 Å². The second-order valence-corrected chi connectivity index (χ2v) is 7.38. The van der Waals surface area contributed by atoms with Gasteiger partial charge in [0.2, 0.25) is 0 Å². The fourth-order valence-corrected chi connectivity index (χ4v) is 4.70. The quantitative estimate of drug-likeness (QED) is 0.784. The normalized spacial score (nSPS) is 19.3. The van der Waals surface area contributed by atoms with Crippen LogP contribution in [0.3, 0.4) is 0 Å². The van der Waals surface area contributed by atoms with Crippen molar-refractivity contribution in [3.8, 4) is 0 Å². The molecular formula is C15H13F3N2O3S. The summed E-state index contributed by atoms with van der Waals surface area (Å²) in [7, 11) is 0. The number of hydrogen-bond donors (Lipinski definition) is 1. The Kier molecular flexibility index (Phi) is 3.21. The van der Waals surface area contributed by atoms with Crippen molar-refractivity contribution in [3.05, 3.63) is 38.0 Å². The van der Waals surface area contributed by atoms with Gasteiger partial charge in [-0.3, -0.25) is 14.3 Å². The summed E-state index contributed by atoms with van der Waals surface area (Å²) in [6.07, 6.45) is -4.56. The Bertz CT molecular complexity index is 973. The van der Waals surface area contributed by atoms with Crippen LogP contribution in [0.15, 0.2) is 20.6 Å². The third-order valence-electron chi connectivity index (χ3n) is 4.62. The Morgan fingerprint density at radius 1 is 1.33 bits per heavy atom. The fraction of sp³-hybridized carbons (Fsp3) is 0.467. The molecule has 0 radical (unpaired) electrons. The van der Waals surface area contributed by atoms with Gasteiger partial charge in [0.15, 0.2) is 0 Å². The highest BCUT2D eigenvalue weighted by molar-refractivity contribution is 7.99. The van der Waals surface area contributed by atoms with Crippen molar-refractivity contribution in [3.63, 3.8) is 0 Å². The zero-order valence-electron chi connectivity index (χ0n) is 12.6. The minimum absolute atomic E-state index is 0.0519. The number of alkyl halides is 3. The first-order valence-corrected chi connectivity index (χ1v) is 8.29. The van der Waals surface area contributed by atoms with Gasteiger partial charge in [0.25, 0.3) is 5.56 Å². The number of ether oxygens (including phenoxy) is 1. The molecule has 1 spiro atoms. The number of rotatable bonds is 0. The van der Waals surface area contributed by atoms with Gasteiger partial charge in [-0.1, -0.05) is 0 Å². The summed E-state index contributed by atoms with van der Waals surface area (Å²) in [4.78, 5) is 26.9. The van der Waals surface area contributed by atoms with Crippen molar-refractivity contribution in [2.24, 2.45) is 5.41 Å². The van der Waals surface area contributed by atoms with Crippen LogP contribution < -0.4 is 11.2 Å². The summed E-state index contributed by atoms with van der Waals surface area (Å²) in [6.45, 7) is 2.61. The number of nitrogens with zero attached hydrogens (tertiary/aromatic N) is 1. The van der Waals surface area contributed by atoms with Crippen LogP contribution in [0.2, 0.25) is 0 Å². The molecule has 0 amide bonds. The van der Waals surface area contributed by atoms with Crippen LogP contribution in [0.5, 0.6) is 0 Å². The van der Waals surface area contributed by atoms with E-state index in [9.17, 15) is 22.8 Å². The average molecular weight is 358 g/mol. The number of benzene rings is 1. The molecule has 1 fully saturated rings. The lowest BCUT2D eigenvalue weighted by Crippen LogP contribution is -2.49. The molecule has 0 bridgehead atoms. The lowest BCUT2D eigenvalue weighted by Gasteiger charge is -2.40. The van der Waals surface area contributed by atoms with Crippen LogP contribution in [-0.4, -0.2) is 28.5 Å². The van der Waals surface area contributed by atoms with E-state index in [0.717, 1.165) is 6.07 Å².